The van der Waals surface area contributed by atoms with Crippen molar-refractivity contribution in [1.82, 2.24) is 4.90 Å². The van der Waals surface area contributed by atoms with Crippen molar-refractivity contribution in [3.05, 3.63) is 23.3 Å². The molecule has 3 aliphatic heterocycles. The van der Waals surface area contributed by atoms with Gasteiger partial charge in [-0.1, -0.05) is 12.5 Å². The lowest BCUT2D eigenvalue weighted by Gasteiger charge is -2.40. The number of hydrogen-bond donors (Lipinski definition) is 4. The first kappa shape index (κ1) is 22.4. The van der Waals surface area contributed by atoms with Gasteiger partial charge in [-0.25, -0.2) is 4.79 Å². The van der Waals surface area contributed by atoms with Crippen molar-refractivity contribution in [3.8, 4) is 5.75 Å². The molecule has 10 heteroatoms. The van der Waals surface area contributed by atoms with Gasteiger partial charge in [0.25, 0.3) is 0 Å². The van der Waals surface area contributed by atoms with Crippen LogP contribution in [-0.4, -0.2) is 87.5 Å². The molecule has 1 aromatic carbocycles. The smallest absolute Gasteiger partial charge is 0.335 e. The molecule has 0 radical (unpaired) electrons. The molecule has 2 fully saturated rings. The number of anilines is 1. The van der Waals surface area contributed by atoms with Gasteiger partial charge in [0.15, 0.2) is 6.10 Å². The summed E-state index contributed by atoms with van der Waals surface area (Å²) in [6.07, 6.45) is -4.92. The molecular weight excluding hydrogens is 432 g/mol. The fourth-order valence-corrected chi connectivity index (χ4v) is 5.87. The maximum atomic E-state index is 12.3. The molecule has 7 unspecified atom stereocenters. The fourth-order valence-electron chi connectivity index (χ4n) is 5.87. The molecule has 4 N–H and O–H groups in total. The minimum atomic E-state index is -1.79. The lowest BCUT2D eigenvalue weighted by Crippen LogP contribution is -2.61. The van der Waals surface area contributed by atoms with E-state index in [0.29, 0.717) is 37.2 Å². The largest absolute Gasteiger partial charge is 0.479 e. The number of hydrogen-bond acceptors (Lipinski definition) is 8. The predicted octanol–water partition coefficient (Wildman–Crippen LogP) is 0.0234. The second kappa shape index (κ2) is 8.43. The summed E-state index contributed by atoms with van der Waals surface area (Å²) in [5, 5.41) is 39.9. The maximum absolute atomic E-state index is 12.3. The lowest BCUT2D eigenvalue weighted by atomic mass is 9.82. The molecule has 3 heterocycles. The average Bonchev–Trinajstić information content (AvgIpc) is 3.16. The molecule has 1 saturated carbocycles. The number of aliphatic carboxylic acids is 1. The Hall–Kier alpha value is -2.40. The number of carbonyl (C=O) groups excluding carboxylic acids is 1. The van der Waals surface area contributed by atoms with E-state index in [9.17, 15) is 30.0 Å². The van der Waals surface area contributed by atoms with Crippen molar-refractivity contribution in [1.29, 1.82) is 0 Å². The number of carbonyl (C=O) groups is 2. The van der Waals surface area contributed by atoms with Crippen LogP contribution in [0.3, 0.4) is 0 Å². The Morgan fingerprint density at radius 1 is 1.09 bits per heavy atom. The Balaban J connectivity index is 1.53. The average molecular weight is 462 g/mol. The van der Waals surface area contributed by atoms with Crippen LogP contribution in [0.5, 0.6) is 5.75 Å². The number of aliphatic hydroxyl groups excluding tert-OH is 3. The molecule has 0 spiro atoms. The van der Waals surface area contributed by atoms with Crippen molar-refractivity contribution in [2.45, 2.75) is 69.4 Å². The van der Waals surface area contributed by atoms with Crippen LogP contribution in [0, 0.1) is 5.92 Å². The van der Waals surface area contributed by atoms with Crippen molar-refractivity contribution in [2.24, 2.45) is 5.92 Å². The first-order valence-electron chi connectivity index (χ1n) is 11.5. The van der Waals surface area contributed by atoms with Crippen LogP contribution in [-0.2, 0) is 20.9 Å². The van der Waals surface area contributed by atoms with Crippen LogP contribution in [0.2, 0.25) is 0 Å². The van der Waals surface area contributed by atoms with Gasteiger partial charge in [-0.05, 0) is 36.3 Å². The molecule has 5 rings (SSSR count). The molecule has 1 amide bonds. The summed E-state index contributed by atoms with van der Waals surface area (Å²) in [5.41, 5.74) is 3.06. The normalized spacial score (nSPS) is 35.5. The van der Waals surface area contributed by atoms with E-state index in [2.05, 4.69) is 4.90 Å². The Morgan fingerprint density at radius 3 is 2.61 bits per heavy atom. The molecule has 10 nitrogen and oxygen atoms in total. The van der Waals surface area contributed by atoms with Crippen LogP contribution in [0.25, 0.3) is 0 Å². The van der Waals surface area contributed by atoms with Crippen LogP contribution in [0.1, 0.15) is 43.2 Å². The lowest BCUT2D eigenvalue weighted by molar-refractivity contribution is -0.271. The number of carboxylic acid groups (broad SMARTS) is 1. The number of aliphatic hydroxyl groups is 3. The summed E-state index contributed by atoms with van der Waals surface area (Å²) in [6, 6.07) is 3.79. The van der Waals surface area contributed by atoms with E-state index in [1.54, 1.807) is 11.0 Å². The zero-order chi connectivity index (χ0) is 23.4. The van der Waals surface area contributed by atoms with Crippen molar-refractivity contribution in [2.75, 3.05) is 24.5 Å². The molecule has 0 bridgehead atoms. The number of benzene rings is 1. The topological polar surface area (TPSA) is 140 Å². The highest BCUT2D eigenvalue weighted by Gasteiger charge is 2.48. The van der Waals surface area contributed by atoms with E-state index in [4.69, 9.17) is 9.47 Å². The van der Waals surface area contributed by atoms with Gasteiger partial charge < -0.3 is 39.7 Å². The SMILES string of the molecule is CC(=O)N1CCN2CC3CCCC3c3ccc(OC4OC(C(=O)O)C(O)C(O)C4O)c(c32)C1. The fraction of sp³-hybridized carbons (Fsp3) is 0.652. The van der Waals surface area contributed by atoms with E-state index in [1.807, 2.05) is 6.07 Å². The molecule has 1 aliphatic carbocycles. The second-order valence-electron chi connectivity index (χ2n) is 9.52. The van der Waals surface area contributed by atoms with Gasteiger partial charge in [0.2, 0.25) is 12.2 Å². The first-order valence-corrected chi connectivity index (χ1v) is 11.5. The van der Waals surface area contributed by atoms with Crippen LogP contribution >= 0.6 is 0 Å². The molecule has 0 aromatic heterocycles. The number of ether oxygens (including phenoxy) is 2. The zero-order valence-corrected chi connectivity index (χ0v) is 18.5. The summed E-state index contributed by atoms with van der Waals surface area (Å²) in [7, 11) is 0. The van der Waals surface area contributed by atoms with Gasteiger partial charge >= 0.3 is 5.97 Å². The molecule has 1 saturated heterocycles. The van der Waals surface area contributed by atoms with Crippen LogP contribution in [0.15, 0.2) is 12.1 Å². The minimum Gasteiger partial charge on any atom is -0.479 e. The quantitative estimate of drug-likeness (QED) is 0.489. The van der Waals surface area contributed by atoms with E-state index in [-0.39, 0.29) is 5.91 Å². The number of carboxylic acids is 1. The Morgan fingerprint density at radius 2 is 1.88 bits per heavy atom. The van der Waals surface area contributed by atoms with Gasteiger partial charge in [0.05, 0.1) is 6.54 Å². The van der Waals surface area contributed by atoms with Crippen LogP contribution < -0.4 is 9.64 Å². The third kappa shape index (κ3) is 3.74. The highest BCUT2D eigenvalue weighted by atomic mass is 16.7. The van der Waals surface area contributed by atoms with Crippen molar-refractivity contribution in [3.63, 3.8) is 0 Å². The molecule has 1 aromatic rings. The number of rotatable bonds is 3. The molecule has 33 heavy (non-hydrogen) atoms. The third-order valence-electron chi connectivity index (χ3n) is 7.59. The molecule has 180 valence electrons. The Labute approximate surface area is 191 Å². The van der Waals surface area contributed by atoms with Crippen LogP contribution in [0.4, 0.5) is 5.69 Å². The summed E-state index contributed by atoms with van der Waals surface area (Å²) < 4.78 is 11.3. The number of fused-ring (bicyclic) bond motifs is 2. The van der Waals surface area contributed by atoms with Gasteiger partial charge in [0, 0.05) is 37.8 Å². The van der Waals surface area contributed by atoms with Gasteiger partial charge in [-0.2, -0.15) is 0 Å². The maximum Gasteiger partial charge on any atom is 0.335 e. The first-order chi connectivity index (χ1) is 15.8. The molecule has 4 aliphatic rings. The number of amides is 1. The highest BCUT2D eigenvalue weighted by Crippen LogP contribution is 2.51. The van der Waals surface area contributed by atoms with Gasteiger partial charge in [0.1, 0.15) is 24.1 Å². The summed E-state index contributed by atoms with van der Waals surface area (Å²) >= 11 is 0. The van der Waals surface area contributed by atoms with Gasteiger partial charge in [-0.3, -0.25) is 4.79 Å². The third-order valence-corrected chi connectivity index (χ3v) is 7.59. The van der Waals surface area contributed by atoms with Crippen molar-refractivity contribution < 1.29 is 39.5 Å². The van der Waals surface area contributed by atoms with Gasteiger partial charge in [-0.15, -0.1) is 0 Å². The summed E-state index contributed by atoms with van der Waals surface area (Å²) in [6.45, 7) is 4.04. The molecular formula is C23H30N2O8. The standard InChI is InChI=1S/C23H30N2O8/c1-11(26)24-7-8-25-9-12-3-2-4-13(12)14-5-6-16(15(10-24)17(14)25)32-23-20(29)18(27)19(28)21(33-23)22(30)31/h5-6,12-13,18-21,23,27-29H,2-4,7-10H2,1H3,(H,30,31). The summed E-state index contributed by atoms with van der Waals surface area (Å²) in [5.74, 6) is -0.126. The highest BCUT2D eigenvalue weighted by molar-refractivity contribution is 5.76. The minimum absolute atomic E-state index is 0.0583. The predicted molar refractivity (Wildman–Crippen MR) is 115 cm³/mol. The van der Waals surface area contributed by atoms with E-state index >= 15 is 0 Å². The Kier molecular flexibility index (Phi) is 5.72. The monoisotopic (exact) mass is 462 g/mol. The van der Waals surface area contributed by atoms with E-state index in [0.717, 1.165) is 24.2 Å². The van der Waals surface area contributed by atoms with E-state index in [1.165, 1.54) is 25.3 Å². The summed E-state index contributed by atoms with van der Waals surface area (Å²) in [4.78, 5) is 27.8. The molecule has 7 atom stereocenters. The number of nitrogens with zero attached hydrogens (tertiary/aromatic N) is 2. The second-order valence-corrected chi connectivity index (χ2v) is 9.52. The Bertz CT molecular complexity index is 955. The zero-order valence-electron chi connectivity index (χ0n) is 18.5. The van der Waals surface area contributed by atoms with E-state index < -0.39 is 36.7 Å². The van der Waals surface area contributed by atoms with Crippen molar-refractivity contribution >= 4 is 17.6 Å².